The number of hydrogen-bond acceptors (Lipinski definition) is 6. The molecule has 1 aliphatic carbocycles. The van der Waals surface area contributed by atoms with Crippen LogP contribution in [0.1, 0.15) is 51.9 Å². The Morgan fingerprint density at radius 1 is 1.34 bits per heavy atom. The second-order valence-corrected chi connectivity index (χ2v) is 11.1. The number of ether oxygens (including phenoxy) is 1. The quantitative estimate of drug-likeness (QED) is 0.326. The average molecular weight is 487 g/mol. The largest absolute Gasteiger partial charge is 0.476 e. The molecule has 3 rings (SSSR count). The van der Waals surface area contributed by atoms with Crippen LogP contribution in [0.4, 0.5) is 10.1 Å². The summed E-state index contributed by atoms with van der Waals surface area (Å²) in [5.74, 6) is -3.09. The van der Waals surface area contributed by atoms with E-state index in [4.69, 9.17) is 9.84 Å². The molecule has 0 spiro atoms. The van der Waals surface area contributed by atoms with Gasteiger partial charge >= 0.3 is 5.97 Å². The lowest BCUT2D eigenvalue weighted by atomic mass is 10.1. The number of carboxylic acids is 1. The third kappa shape index (κ3) is 5.07. The molecule has 0 aromatic heterocycles. The number of nitrogens with zero attached hydrogens (tertiary/aromatic N) is 2. The third-order valence-corrected chi connectivity index (χ3v) is 8.98. The molecule has 0 saturated heterocycles. The molecule has 2 aliphatic rings. The van der Waals surface area contributed by atoms with Crippen LogP contribution >= 0.6 is 11.8 Å². The zero-order valence-corrected chi connectivity index (χ0v) is 20.3. The van der Waals surface area contributed by atoms with Gasteiger partial charge in [0, 0.05) is 31.7 Å². The van der Waals surface area contributed by atoms with E-state index in [-0.39, 0.29) is 22.7 Å². The molecular formula is C22H31FN2O5S2. The predicted octanol–water partition coefficient (Wildman–Crippen LogP) is 4.62. The molecule has 1 saturated carbocycles. The lowest BCUT2D eigenvalue weighted by molar-refractivity contribution is -0.134. The summed E-state index contributed by atoms with van der Waals surface area (Å²) in [5.41, 5.74) is 0.641. The molecule has 1 aromatic carbocycles. The van der Waals surface area contributed by atoms with Gasteiger partial charge in [-0.3, -0.25) is 0 Å². The summed E-state index contributed by atoms with van der Waals surface area (Å²) >= 11 is 1.34. The van der Waals surface area contributed by atoms with E-state index in [2.05, 4.69) is 11.8 Å². The number of carboxylic acid groups (broad SMARTS) is 1. The highest BCUT2D eigenvalue weighted by Gasteiger charge is 2.39. The van der Waals surface area contributed by atoms with E-state index in [0.717, 1.165) is 44.9 Å². The van der Waals surface area contributed by atoms with Crippen molar-refractivity contribution in [2.24, 2.45) is 0 Å². The van der Waals surface area contributed by atoms with Crippen LogP contribution in [0.2, 0.25) is 0 Å². The summed E-state index contributed by atoms with van der Waals surface area (Å²) in [6.07, 6.45) is 9.27. The first kappa shape index (κ1) is 24.9. The summed E-state index contributed by atoms with van der Waals surface area (Å²) < 4.78 is 47.5. The highest BCUT2D eigenvalue weighted by atomic mass is 32.2. The highest BCUT2D eigenvalue weighted by Crippen LogP contribution is 2.43. The fourth-order valence-corrected chi connectivity index (χ4v) is 6.55. The second kappa shape index (κ2) is 10.4. The standard InChI is InChI=1S/C22H31FN2O5S2/c1-4-5-8-16-13-25(15-9-6-7-10-15)18-11-20(31-3)19(30-14-17(23)22(26)27)12-21(18)32(28,29)24(16)2/h11-12,14-16H,4-10,13H2,1-3H3,(H,26,27)/b17-14-. The number of thioether (sulfide) groups is 1. The van der Waals surface area contributed by atoms with Gasteiger partial charge in [-0.15, -0.1) is 11.8 Å². The number of likely N-dealkylation sites (N-methyl/N-ethyl adjacent to an activating group) is 1. The number of sulfonamides is 1. The molecule has 32 heavy (non-hydrogen) atoms. The number of benzene rings is 1. The first-order valence-electron chi connectivity index (χ1n) is 10.9. The first-order chi connectivity index (χ1) is 15.2. The lowest BCUT2D eigenvalue weighted by Crippen LogP contribution is -2.44. The van der Waals surface area contributed by atoms with Crippen molar-refractivity contribution in [1.29, 1.82) is 0 Å². The number of fused-ring (bicyclic) bond motifs is 1. The van der Waals surface area contributed by atoms with Crippen LogP contribution in [-0.4, -0.2) is 55.7 Å². The van der Waals surface area contributed by atoms with Crippen molar-refractivity contribution in [3.63, 3.8) is 0 Å². The third-order valence-electron chi connectivity index (χ3n) is 6.28. The minimum Gasteiger partial charge on any atom is -0.476 e. The van der Waals surface area contributed by atoms with Gasteiger partial charge in [-0.1, -0.05) is 32.6 Å². The van der Waals surface area contributed by atoms with Crippen LogP contribution < -0.4 is 9.64 Å². The van der Waals surface area contributed by atoms with Gasteiger partial charge in [0.05, 0.1) is 10.6 Å². The van der Waals surface area contributed by atoms with E-state index in [9.17, 15) is 17.6 Å². The van der Waals surface area contributed by atoms with Crippen molar-refractivity contribution in [3.05, 3.63) is 24.2 Å². The number of carbonyl (C=O) groups is 1. The van der Waals surface area contributed by atoms with Crippen molar-refractivity contribution in [2.75, 3.05) is 24.7 Å². The number of rotatable bonds is 8. The molecule has 1 aromatic rings. The molecular weight excluding hydrogens is 455 g/mol. The molecule has 1 N–H and O–H groups in total. The van der Waals surface area contributed by atoms with Crippen molar-refractivity contribution < 1.29 is 27.4 Å². The van der Waals surface area contributed by atoms with Crippen LogP contribution in [0.15, 0.2) is 34.0 Å². The molecule has 1 fully saturated rings. The number of anilines is 1. The Kier molecular flexibility index (Phi) is 8.11. The van der Waals surface area contributed by atoms with Crippen LogP contribution in [0, 0.1) is 0 Å². The Morgan fingerprint density at radius 2 is 2.03 bits per heavy atom. The van der Waals surface area contributed by atoms with Gasteiger partial charge < -0.3 is 14.7 Å². The van der Waals surface area contributed by atoms with Crippen molar-refractivity contribution in [1.82, 2.24) is 4.31 Å². The van der Waals surface area contributed by atoms with E-state index in [1.165, 1.54) is 22.1 Å². The summed E-state index contributed by atoms with van der Waals surface area (Å²) in [7, 11) is -2.21. The number of unbranched alkanes of at least 4 members (excludes halogenated alkanes) is 1. The maximum atomic E-state index is 13.6. The zero-order chi connectivity index (χ0) is 23.5. The average Bonchev–Trinajstić information content (AvgIpc) is 3.28. The van der Waals surface area contributed by atoms with Crippen LogP contribution in [-0.2, 0) is 14.8 Å². The Labute approximate surface area is 193 Å². The van der Waals surface area contributed by atoms with Crippen LogP contribution in [0.25, 0.3) is 0 Å². The summed E-state index contributed by atoms with van der Waals surface area (Å²) in [5, 5.41) is 8.75. The summed E-state index contributed by atoms with van der Waals surface area (Å²) in [4.78, 5) is 13.7. The molecule has 0 amide bonds. The number of aliphatic carboxylic acids is 1. The zero-order valence-electron chi connectivity index (χ0n) is 18.7. The SMILES string of the molecule is CCCCC1CN(C2CCCC2)c2cc(SC)c(O/C=C(\F)C(=O)O)cc2S(=O)(=O)N1C. The highest BCUT2D eigenvalue weighted by molar-refractivity contribution is 7.98. The molecule has 0 radical (unpaired) electrons. The van der Waals surface area contributed by atoms with Gasteiger partial charge in [-0.2, -0.15) is 8.70 Å². The Balaban J connectivity index is 2.14. The molecule has 7 nitrogen and oxygen atoms in total. The number of halogens is 1. The molecule has 0 bridgehead atoms. The van der Waals surface area contributed by atoms with Crippen LogP contribution in [0.5, 0.6) is 5.75 Å². The summed E-state index contributed by atoms with van der Waals surface area (Å²) in [6, 6.07) is 3.31. The maximum absolute atomic E-state index is 13.6. The fraction of sp³-hybridized carbons (Fsp3) is 0.591. The predicted molar refractivity (Wildman–Crippen MR) is 124 cm³/mol. The van der Waals surface area contributed by atoms with E-state index in [0.29, 0.717) is 23.4 Å². The normalized spacial score (nSPS) is 21.9. The maximum Gasteiger partial charge on any atom is 0.368 e. The minimum absolute atomic E-state index is 0.114. The van der Waals surface area contributed by atoms with Crippen LogP contribution in [0.3, 0.4) is 0 Å². The lowest BCUT2D eigenvalue weighted by Gasteiger charge is -2.34. The first-order valence-corrected chi connectivity index (χ1v) is 13.6. The molecule has 178 valence electrons. The van der Waals surface area contributed by atoms with Crippen molar-refractivity contribution >= 4 is 33.4 Å². The van der Waals surface area contributed by atoms with Crippen molar-refractivity contribution in [2.45, 2.75) is 73.7 Å². The molecule has 1 atom stereocenters. The smallest absolute Gasteiger partial charge is 0.368 e. The van der Waals surface area contributed by atoms with Gasteiger partial charge in [0.2, 0.25) is 15.9 Å². The van der Waals surface area contributed by atoms with Crippen molar-refractivity contribution in [3.8, 4) is 5.75 Å². The fourth-order valence-electron chi connectivity index (χ4n) is 4.45. The van der Waals surface area contributed by atoms with E-state index in [1.807, 2.05) is 6.26 Å². The molecule has 1 unspecified atom stereocenters. The van der Waals surface area contributed by atoms with Gasteiger partial charge in [-0.05, 0) is 31.6 Å². The molecule has 1 aliphatic heterocycles. The monoisotopic (exact) mass is 486 g/mol. The Hall–Kier alpha value is -1.78. The van der Waals surface area contributed by atoms with Gasteiger partial charge in [0.15, 0.2) is 0 Å². The number of hydrogen-bond donors (Lipinski definition) is 1. The molecule has 10 heteroatoms. The van der Waals surface area contributed by atoms with Gasteiger partial charge in [0.1, 0.15) is 16.9 Å². The topological polar surface area (TPSA) is 87.1 Å². The summed E-state index contributed by atoms with van der Waals surface area (Å²) in [6.45, 7) is 2.71. The van der Waals surface area contributed by atoms with Gasteiger partial charge in [0.25, 0.3) is 0 Å². The van der Waals surface area contributed by atoms with Gasteiger partial charge in [-0.25, -0.2) is 13.2 Å². The Bertz CT molecular complexity index is 977. The van der Waals surface area contributed by atoms with E-state index >= 15 is 0 Å². The van der Waals surface area contributed by atoms with E-state index < -0.39 is 21.8 Å². The second-order valence-electron chi connectivity index (χ2n) is 8.27. The van der Waals surface area contributed by atoms with E-state index in [1.54, 1.807) is 13.1 Å². The Morgan fingerprint density at radius 3 is 2.62 bits per heavy atom. The minimum atomic E-state index is -3.83. The molecule has 1 heterocycles.